The average molecular weight is 354 g/mol. The third-order valence-electron chi connectivity index (χ3n) is 3.84. The summed E-state index contributed by atoms with van der Waals surface area (Å²) in [6.45, 7) is 0. The number of hydrogen-bond acceptors (Lipinski definition) is 1. The maximum absolute atomic E-state index is 6.41. The molecule has 0 aliphatic rings. The minimum absolute atomic E-state index is 0.576. The Hall–Kier alpha value is -2.49. The highest BCUT2D eigenvalue weighted by atomic mass is 35.5. The fourth-order valence-electron chi connectivity index (χ4n) is 2.70. The molecular weight excluding hydrogens is 341 g/mol. The van der Waals surface area contributed by atoms with Gasteiger partial charge in [0.15, 0.2) is 0 Å². The van der Waals surface area contributed by atoms with Crippen LogP contribution < -0.4 is 0 Å². The standard InChI is InChI=1S/C19H13Cl2N3/c20-14-7-4-8-15(21)16(14)18-17(12-5-2-1-3-6-12)23-19(24-18)13-9-10-22-11-13/h1-11,22H,(H,23,24). The Morgan fingerprint density at radius 1 is 0.792 bits per heavy atom. The number of hydrogen-bond donors (Lipinski definition) is 2. The Morgan fingerprint density at radius 2 is 1.54 bits per heavy atom. The summed E-state index contributed by atoms with van der Waals surface area (Å²) in [5.74, 6) is 0.765. The third-order valence-corrected chi connectivity index (χ3v) is 4.47. The first-order valence-corrected chi connectivity index (χ1v) is 8.22. The van der Waals surface area contributed by atoms with E-state index in [4.69, 9.17) is 28.2 Å². The molecule has 0 amide bonds. The van der Waals surface area contributed by atoms with E-state index in [0.717, 1.165) is 33.9 Å². The minimum atomic E-state index is 0.576. The zero-order valence-electron chi connectivity index (χ0n) is 12.6. The number of nitrogens with one attached hydrogen (secondary N) is 2. The van der Waals surface area contributed by atoms with Crippen LogP contribution in [0.3, 0.4) is 0 Å². The first-order valence-electron chi connectivity index (χ1n) is 7.47. The SMILES string of the molecule is Clc1cccc(Cl)c1-c1nc(-c2cc[nH]c2)[nH]c1-c1ccccc1. The second kappa shape index (κ2) is 6.19. The molecule has 118 valence electrons. The van der Waals surface area contributed by atoms with Crippen LogP contribution in [-0.4, -0.2) is 15.0 Å². The van der Waals surface area contributed by atoms with Crippen LogP contribution in [0.1, 0.15) is 0 Å². The first kappa shape index (κ1) is 15.1. The number of aromatic amines is 2. The smallest absolute Gasteiger partial charge is 0.140 e. The van der Waals surface area contributed by atoms with Gasteiger partial charge in [-0.15, -0.1) is 0 Å². The molecule has 2 aromatic carbocycles. The molecule has 0 atom stereocenters. The van der Waals surface area contributed by atoms with E-state index in [1.165, 1.54) is 0 Å². The molecule has 0 radical (unpaired) electrons. The van der Waals surface area contributed by atoms with Crippen molar-refractivity contribution in [1.29, 1.82) is 0 Å². The second-order valence-electron chi connectivity index (χ2n) is 5.37. The van der Waals surface area contributed by atoms with Gasteiger partial charge in [0.2, 0.25) is 0 Å². The van der Waals surface area contributed by atoms with E-state index < -0.39 is 0 Å². The van der Waals surface area contributed by atoms with Gasteiger partial charge in [-0.2, -0.15) is 0 Å². The van der Waals surface area contributed by atoms with Gasteiger partial charge in [-0.1, -0.05) is 59.6 Å². The lowest BCUT2D eigenvalue weighted by Gasteiger charge is -2.07. The fourth-order valence-corrected chi connectivity index (χ4v) is 3.28. The van der Waals surface area contributed by atoms with E-state index in [2.05, 4.69) is 9.97 Å². The highest BCUT2D eigenvalue weighted by molar-refractivity contribution is 6.39. The molecule has 3 nitrogen and oxygen atoms in total. The Kier molecular flexibility index (Phi) is 3.89. The van der Waals surface area contributed by atoms with Gasteiger partial charge in [-0.05, 0) is 18.2 Å². The largest absolute Gasteiger partial charge is 0.367 e. The maximum atomic E-state index is 6.41. The molecule has 0 saturated carbocycles. The van der Waals surface area contributed by atoms with Gasteiger partial charge in [0, 0.05) is 29.1 Å². The van der Waals surface area contributed by atoms with Crippen LogP contribution >= 0.6 is 23.2 Å². The molecular formula is C19H13Cl2N3. The summed E-state index contributed by atoms with van der Waals surface area (Å²) in [7, 11) is 0. The number of benzene rings is 2. The van der Waals surface area contributed by atoms with Crippen LogP contribution in [0.4, 0.5) is 0 Å². The van der Waals surface area contributed by atoms with E-state index in [1.54, 1.807) is 0 Å². The quantitative estimate of drug-likeness (QED) is 0.462. The van der Waals surface area contributed by atoms with Gasteiger partial charge in [0.05, 0.1) is 21.4 Å². The van der Waals surface area contributed by atoms with Crippen molar-refractivity contribution in [3.8, 4) is 33.9 Å². The summed E-state index contributed by atoms with van der Waals surface area (Å²) in [6.07, 6.45) is 3.76. The van der Waals surface area contributed by atoms with Crippen LogP contribution in [0, 0.1) is 0 Å². The lowest BCUT2D eigenvalue weighted by molar-refractivity contribution is 1.31. The number of H-pyrrole nitrogens is 2. The summed E-state index contributed by atoms with van der Waals surface area (Å²) in [4.78, 5) is 11.2. The zero-order valence-corrected chi connectivity index (χ0v) is 14.1. The second-order valence-corrected chi connectivity index (χ2v) is 6.19. The van der Waals surface area contributed by atoms with Crippen molar-refractivity contribution in [2.75, 3.05) is 0 Å². The molecule has 2 heterocycles. The predicted molar refractivity (Wildman–Crippen MR) is 99.3 cm³/mol. The number of rotatable bonds is 3. The molecule has 2 N–H and O–H groups in total. The van der Waals surface area contributed by atoms with Gasteiger partial charge >= 0.3 is 0 Å². The molecule has 0 aliphatic heterocycles. The maximum Gasteiger partial charge on any atom is 0.140 e. The van der Waals surface area contributed by atoms with Crippen LogP contribution in [0.5, 0.6) is 0 Å². The van der Waals surface area contributed by atoms with E-state index in [9.17, 15) is 0 Å². The van der Waals surface area contributed by atoms with Crippen molar-refractivity contribution in [2.45, 2.75) is 0 Å². The van der Waals surface area contributed by atoms with Crippen LogP contribution in [0.25, 0.3) is 33.9 Å². The summed E-state index contributed by atoms with van der Waals surface area (Å²) in [5.41, 5.74) is 4.37. The molecule has 4 rings (SSSR count). The number of halogens is 2. The monoisotopic (exact) mass is 353 g/mol. The van der Waals surface area contributed by atoms with Gasteiger partial charge in [0.25, 0.3) is 0 Å². The van der Waals surface area contributed by atoms with E-state index in [1.807, 2.05) is 67.0 Å². The minimum Gasteiger partial charge on any atom is -0.367 e. The highest BCUT2D eigenvalue weighted by Gasteiger charge is 2.19. The van der Waals surface area contributed by atoms with Crippen molar-refractivity contribution in [1.82, 2.24) is 15.0 Å². The van der Waals surface area contributed by atoms with Crippen molar-refractivity contribution >= 4 is 23.2 Å². The Balaban J connectivity index is 1.98. The zero-order chi connectivity index (χ0) is 16.5. The summed E-state index contributed by atoms with van der Waals surface area (Å²) in [6, 6.07) is 17.5. The summed E-state index contributed by atoms with van der Waals surface area (Å²) < 4.78 is 0. The number of imidazole rings is 1. The normalized spacial score (nSPS) is 10.9. The number of nitrogens with zero attached hydrogens (tertiary/aromatic N) is 1. The fraction of sp³-hybridized carbons (Fsp3) is 0. The van der Waals surface area contributed by atoms with E-state index in [-0.39, 0.29) is 0 Å². The van der Waals surface area contributed by atoms with Gasteiger partial charge < -0.3 is 9.97 Å². The molecule has 0 aliphatic carbocycles. The molecule has 2 aromatic heterocycles. The van der Waals surface area contributed by atoms with Gasteiger partial charge in [-0.3, -0.25) is 0 Å². The topological polar surface area (TPSA) is 44.5 Å². The van der Waals surface area contributed by atoms with Crippen LogP contribution in [0.15, 0.2) is 67.0 Å². The summed E-state index contributed by atoms with van der Waals surface area (Å²) in [5, 5.41) is 1.15. The third kappa shape index (κ3) is 2.62. The molecule has 0 bridgehead atoms. The Morgan fingerprint density at radius 3 is 2.21 bits per heavy atom. The molecule has 0 fully saturated rings. The highest BCUT2D eigenvalue weighted by Crippen LogP contribution is 2.40. The lowest BCUT2D eigenvalue weighted by atomic mass is 10.1. The van der Waals surface area contributed by atoms with Crippen LogP contribution in [0.2, 0.25) is 10.0 Å². The van der Waals surface area contributed by atoms with E-state index in [0.29, 0.717) is 10.0 Å². The van der Waals surface area contributed by atoms with Gasteiger partial charge in [-0.25, -0.2) is 4.98 Å². The Labute approximate surface area is 149 Å². The molecule has 24 heavy (non-hydrogen) atoms. The first-order chi connectivity index (χ1) is 11.7. The molecule has 4 aromatic rings. The van der Waals surface area contributed by atoms with Crippen LogP contribution in [-0.2, 0) is 0 Å². The molecule has 0 saturated heterocycles. The number of aromatic nitrogens is 3. The molecule has 0 spiro atoms. The summed E-state index contributed by atoms with van der Waals surface area (Å²) >= 11 is 12.8. The van der Waals surface area contributed by atoms with E-state index >= 15 is 0 Å². The molecule has 0 unspecified atom stereocenters. The van der Waals surface area contributed by atoms with Crippen molar-refractivity contribution in [3.63, 3.8) is 0 Å². The lowest BCUT2D eigenvalue weighted by Crippen LogP contribution is -1.86. The van der Waals surface area contributed by atoms with Crippen molar-refractivity contribution in [3.05, 3.63) is 77.0 Å². The van der Waals surface area contributed by atoms with Crippen molar-refractivity contribution < 1.29 is 0 Å². The Bertz CT molecular complexity index is 953. The van der Waals surface area contributed by atoms with Gasteiger partial charge in [0.1, 0.15) is 5.82 Å². The van der Waals surface area contributed by atoms with Crippen molar-refractivity contribution in [2.24, 2.45) is 0 Å². The average Bonchev–Trinajstić information content (AvgIpc) is 3.25. The predicted octanol–water partition coefficient (Wildman–Crippen LogP) is 6.05. The molecule has 5 heteroatoms.